The maximum atomic E-state index is 15.9. The number of unbranched alkanes of at least 4 members (excludes halogenated alkanes) is 3. The lowest BCUT2D eigenvalue weighted by molar-refractivity contribution is -0.160. The van der Waals surface area contributed by atoms with E-state index in [1.807, 2.05) is 88.4 Å². The van der Waals surface area contributed by atoms with Gasteiger partial charge in [0.1, 0.15) is 35.8 Å². The smallest absolute Gasteiger partial charge is 0.408 e. The molecule has 5 aromatic carbocycles. The van der Waals surface area contributed by atoms with Gasteiger partial charge in [-0.25, -0.2) is 27.5 Å². The zero-order valence-corrected chi connectivity index (χ0v) is 67.9. The van der Waals surface area contributed by atoms with Crippen molar-refractivity contribution in [3.05, 3.63) is 177 Å². The van der Waals surface area contributed by atoms with Crippen LogP contribution in [0.25, 0.3) is 0 Å². The number of aryl methyl sites for hydroxylation is 1. The minimum absolute atomic E-state index is 0.000341. The number of hydrogen-bond donors (Lipinski definition) is 7. The summed E-state index contributed by atoms with van der Waals surface area (Å²) in [5.41, 5.74) is 8.29. The summed E-state index contributed by atoms with van der Waals surface area (Å²) in [7, 11) is -4.36. The van der Waals surface area contributed by atoms with Crippen molar-refractivity contribution in [2.45, 2.75) is 232 Å². The van der Waals surface area contributed by atoms with Crippen LogP contribution < -0.4 is 41.8 Å². The summed E-state index contributed by atoms with van der Waals surface area (Å²) in [5, 5.41) is 14.1. The predicted molar refractivity (Wildman–Crippen MR) is 425 cm³/mol. The fourth-order valence-corrected chi connectivity index (χ4v) is 14.7. The molecule has 0 saturated heterocycles. The number of amides is 5. The van der Waals surface area contributed by atoms with Crippen molar-refractivity contribution in [2.75, 3.05) is 32.8 Å². The van der Waals surface area contributed by atoms with Crippen LogP contribution in [0.4, 0.5) is 14.4 Å². The van der Waals surface area contributed by atoms with Crippen LogP contribution in [-0.2, 0) is 81.1 Å². The van der Waals surface area contributed by atoms with Gasteiger partial charge < -0.3 is 60.7 Å². The molecule has 5 atom stereocenters. The van der Waals surface area contributed by atoms with Gasteiger partial charge in [-0.2, -0.15) is 0 Å². The van der Waals surface area contributed by atoms with Crippen LogP contribution in [-0.4, -0.2) is 130 Å². The average Bonchev–Trinajstić information content (AvgIpc) is 1.74. The predicted octanol–water partition coefficient (Wildman–Crippen LogP) is 13.3. The van der Waals surface area contributed by atoms with Gasteiger partial charge in [0.15, 0.2) is 17.2 Å². The Bertz CT molecular complexity index is 4160. The van der Waals surface area contributed by atoms with Gasteiger partial charge >= 0.3 is 30.2 Å². The third-order valence-electron chi connectivity index (χ3n) is 18.5. The first kappa shape index (κ1) is 90.1. The number of carbonyl (C=O) groups excluding carboxylic acids is 9. The number of rotatable bonds is 42. The number of nitrogens with one attached hydrogen (secondary N) is 6. The molecule has 0 aliphatic carbocycles. The Labute approximate surface area is 658 Å². The normalized spacial score (nSPS) is 14.2. The van der Waals surface area contributed by atoms with Gasteiger partial charge in [-0.15, -0.1) is 0 Å². The zero-order valence-electron chi connectivity index (χ0n) is 66.3. The Kier molecular flexibility index (Phi) is 34.5. The van der Waals surface area contributed by atoms with E-state index in [2.05, 4.69) is 42.9 Å². The van der Waals surface area contributed by atoms with E-state index in [-0.39, 0.29) is 120 Å². The molecule has 1 aliphatic rings. The Morgan fingerprint density at radius 1 is 0.613 bits per heavy atom. The highest BCUT2D eigenvalue weighted by molar-refractivity contribution is 7.90. The fraction of sp³-hybridized carbons (Fsp3) is 0.500. The number of ether oxygens (including phenoxy) is 6. The molecule has 8 N–H and O–H groups in total. The molecule has 5 aromatic rings. The SMILES string of the molecule is C=CCOC(=O)N[C@@H](CCCCNC(=O)CCC(=O)OCc1ccccc1)C(=O)C[C@@H](CCCCNC(=O)OC(C)(C)C)C(=O)N[C@@H](CCCCNC(=O)OC(C)(C)C)C(=O)C[C@@H](CCCN=C(N)NS(=O)(=O)c1c(C)c(C)c2c(c1C)OC(C)(C)C2)C(=O)OC(c1ccccc1)(c1ccc(C)cc1)c1ccccc1Cl. The van der Waals surface area contributed by atoms with E-state index in [4.69, 9.17) is 45.8 Å². The molecule has 0 saturated carbocycles. The number of aliphatic imine (C=N–C) groups is 1. The molecule has 0 bridgehead atoms. The monoisotopic (exact) mass is 1570 g/mol. The van der Waals surface area contributed by atoms with Crippen LogP contribution in [0.15, 0.2) is 132 Å². The average molecular weight is 1570 g/mol. The number of hydrogen-bond acceptors (Lipinski definition) is 18. The van der Waals surface area contributed by atoms with Crippen molar-refractivity contribution in [2.24, 2.45) is 22.6 Å². The van der Waals surface area contributed by atoms with Crippen LogP contribution in [0, 0.1) is 39.5 Å². The van der Waals surface area contributed by atoms with E-state index in [0.29, 0.717) is 52.8 Å². The fourth-order valence-electron chi connectivity index (χ4n) is 13.0. The van der Waals surface area contributed by atoms with Crippen molar-refractivity contribution >= 4 is 81.2 Å². The van der Waals surface area contributed by atoms with Gasteiger partial charge in [0.25, 0.3) is 10.0 Å². The Balaban J connectivity index is 1.34. The molecular formula is C84H113ClN8O17S. The molecule has 27 heteroatoms. The first-order valence-corrected chi connectivity index (χ1v) is 39.8. The van der Waals surface area contributed by atoms with Gasteiger partial charge in [-0.05, 0) is 170 Å². The van der Waals surface area contributed by atoms with Crippen LogP contribution in [0.2, 0.25) is 5.02 Å². The topological polar surface area (TPSA) is 354 Å². The molecule has 25 nitrogen and oxygen atoms in total. The summed E-state index contributed by atoms with van der Waals surface area (Å²) < 4.78 is 65.8. The number of Topliss-reactive ketones (excluding diaryl/α,β-unsaturated/α-hetero) is 2. The van der Waals surface area contributed by atoms with Crippen LogP contribution in [0.3, 0.4) is 0 Å². The maximum absolute atomic E-state index is 15.9. The van der Waals surface area contributed by atoms with Gasteiger partial charge in [0, 0.05) is 90.6 Å². The number of carbonyl (C=O) groups is 9. The molecule has 0 aromatic heterocycles. The van der Waals surface area contributed by atoms with Crippen LogP contribution in [0.5, 0.6) is 5.75 Å². The number of guanidine groups is 1. The van der Waals surface area contributed by atoms with E-state index in [0.717, 1.165) is 22.3 Å². The lowest BCUT2D eigenvalue weighted by Gasteiger charge is -2.37. The third-order valence-corrected chi connectivity index (χ3v) is 20.5. The quantitative estimate of drug-likeness (QED) is 0.00363. The molecule has 1 aliphatic heterocycles. The number of fused-ring (bicyclic) bond motifs is 1. The number of nitrogens with two attached hydrogens (primary N) is 1. The van der Waals surface area contributed by atoms with Crippen molar-refractivity contribution in [3.8, 4) is 5.75 Å². The van der Waals surface area contributed by atoms with E-state index in [1.165, 1.54) is 6.08 Å². The molecule has 1 unspecified atom stereocenters. The molecule has 6 rings (SSSR count). The highest BCUT2D eigenvalue weighted by Gasteiger charge is 2.45. The number of halogens is 1. The first-order chi connectivity index (χ1) is 52.4. The number of ketones is 2. The number of sulfonamides is 1. The summed E-state index contributed by atoms with van der Waals surface area (Å²) in [6.45, 7) is 25.1. The van der Waals surface area contributed by atoms with Gasteiger partial charge in [-0.3, -0.25) is 33.8 Å². The molecule has 0 radical (unpaired) electrons. The molecule has 0 spiro atoms. The largest absolute Gasteiger partial charge is 0.487 e. The second-order valence-electron chi connectivity index (χ2n) is 30.6. The molecule has 1 heterocycles. The molecule has 0 fully saturated rings. The summed E-state index contributed by atoms with van der Waals surface area (Å²) in [6, 6.07) is 29.9. The Hall–Kier alpha value is -9.82. The minimum atomic E-state index is -4.36. The van der Waals surface area contributed by atoms with Crippen molar-refractivity contribution in [1.29, 1.82) is 0 Å². The summed E-state index contributed by atoms with van der Waals surface area (Å²) in [4.78, 5) is 130. The third kappa shape index (κ3) is 29.1. The summed E-state index contributed by atoms with van der Waals surface area (Å²) >= 11 is 7.15. The number of esters is 2. The van der Waals surface area contributed by atoms with Crippen LogP contribution in [0.1, 0.15) is 202 Å². The number of alkyl carbamates (subject to hydrolysis) is 3. The van der Waals surface area contributed by atoms with E-state index < -0.39 is 129 Å². The lowest BCUT2D eigenvalue weighted by Crippen LogP contribution is -2.47. The Morgan fingerprint density at radius 3 is 1.73 bits per heavy atom. The van der Waals surface area contributed by atoms with Crippen molar-refractivity contribution in [3.63, 3.8) is 0 Å². The molecule has 5 amide bonds. The molecular weight excluding hydrogens is 1460 g/mol. The highest BCUT2D eigenvalue weighted by atomic mass is 35.5. The van der Waals surface area contributed by atoms with Crippen molar-refractivity contribution < 1.29 is 80.0 Å². The van der Waals surface area contributed by atoms with E-state index in [1.54, 1.807) is 104 Å². The minimum Gasteiger partial charge on any atom is -0.487 e. The zero-order chi connectivity index (χ0) is 81.7. The molecule has 604 valence electrons. The number of benzene rings is 5. The maximum Gasteiger partial charge on any atom is 0.408 e. The molecule has 111 heavy (non-hydrogen) atoms. The number of nitrogens with zero attached hydrogens (tertiary/aromatic N) is 1. The first-order valence-electron chi connectivity index (χ1n) is 38.0. The van der Waals surface area contributed by atoms with E-state index >= 15 is 14.4 Å². The Morgan fingerprint density at radius 2 is 1.14 bits per heavy atom. The van der Waals surface area contributed by atoms with Gasteiger partial charge in [-0.1, -0.05) is 139 Å². The van der Waals surface area contributed by atoms with Gasteiger partial charge in [0.2, 0.25) is 17.8 Å². The lowest BCUT2D eigenvalue weighted by atomic mass is 9.79. The van der Waals surface area contributed by atoms with Crippen LogP contribution >= 0.6 is 11.6 Å². The standard InChI is InChI=1S/C84H113ClN8O17S/c1-14-50-105-80(102)92-68(39-24-27-46-87-71(96)44-45-72(97)106-54-59-30-17-15-18-31-59)69(94)51-60(32-23-26-47-89-78(100)109-81(6,7)8)75(98)91-67(38-25-28-48-90-79(101)110-82(9,10)11)70(95)52-61(33-29-49-88-77(86)93-111(103,104)74-57(4)56(3)64-53-83(12,13)107-73(64)58(74)5)76(99)108-84(62-34-19-16-20-35-62,63-42-40-55(2)41-43-63)65-36-21-22-37-66(65)85/h14-22,30-31,34-37,40-43,60-61,67-68H,1,23-29,32-33,38-39,44-54H2,2-13H3,(H,87,96)(H,89,100)(H,90,101)(H,91,98)(H,92,102)(H3,86,88,93)/t60-,61-,67+,68+,84?/m1/s1. The summed E-state index contributed by atoms with van der Waals surface area (Å²) in [5.74, 6) is -6.14. The van der Waals surface area contributed by atoms with Gasteiger partial charge in [0.05, 0.1) is 29.3 Å². The van der Waals surface area contributed by atoms with Crippen molar-refractivity contribution in [1.82, 2.24) is 31.3 Å². The second-order valence-corrected chi connectivity index (χ2v) is 32.6. The summed E-state index contributed by atoms with van der Waals surface area (Å²) in [6.07, 6.45) is 0.0258. The highest BCUT2D eigenvalue weighted by Crippen LogP contribution is 2.46. The van der Waals surface area contributed by atoms with E-state index in [9.17, 15) is 37.2 Å². The second kappa shape index (κ2) is 42.6.